The lowest BCUT2D eigenvalue weighted by Gasteiger charge is -2.33. The summed E-state index contributed by atoms with van der Waals surface area (Å²) in [6.45, 7) is 4.98. The van der Waals surface area contributed by atoms with Crippen molar-refractivity contribution in [2.24, 2.45) is 5.92 Å². The van der Waals surface area contributed by atoms with Gasteiger partial charge in [-0.1, -0.05) is 41.4 Å². The van der Waals surface area contributed by atoms with Crippen LogP contribution in [0.15, 0.2) is 36.5 Å². The van der Waals surface area contributed by atoms with Crippen LogP contribution in [0, 0.1) is 12.8 Å². The van der Waals surface area contributed by atoms with Crippen molar-refractivity contribution in [2.45, 2.75) is 38.9 Å². The third-order valence-electron chi connectivity index (χ3n) is 5.25. The monoisotopic (exact) mass is 425 g/mol. The van der Waals surface area contributed by atoms with E-state index in [1.807, 2.05) is 43.0 Å². The first-order valence-electron chi connectivity index (χ1n) is 9.50. The number of carbonyl (C=O) groups excluding carboxylic acids is 1. The highest BCUT2D eigenvalue weighted by Crippen LogP contribution is 2.34. The molecule has 0 bridgehead atoms. The zero-order valence-corrected chi connectivity index (χ0v) is 17.0. The van der Waals surface area contributed by atoms with E-state index in [4.69, 9.17) is 11.6 Å². The van der Waals surface area contributed by atoms with Crippen LogP contribution in [0.5, 0.6) is 0 Å². The molecule has 29 heavy (non-hydrogen) atoms. The molecular formula is C21H23ClF3N3O. The molecule has 156 valence electrons. The maximum atomic E-state index is 12.8. The first-order chi connectivity index (χ1) is 13.6. The van der Waals surface area contributed by atoms with Crippen LogP contribution in [0.3, 0.4) is 0 Å². The molecule has 0 radical (unpaired) electrons. The van der Waals surface area contributed by atoms with Crippen LogP contribution in [-0.2, 0) is 11.0 Å². The van der Waals surface area contributed by atoms with Gasteiger partial charge in [0.1, 0.15) is 5.82 Å². The third-order valence-corrected chi connectivity index (χ3v) is 5.53. The number of aryl methyl sites for hydroxylation is 1. The van der Waals surface area contributed by atoms with Crippen molar-refractivity contribution in [3.8, 4) is 0 Å². The van der Waals surface area contributed by atoms with Gasteiger partial charge >= 0.3 is 6.18 Å². The van der Waals surface area contributed by atoms with Crippen molar-refractivity contribution in [1.82, 2.24) is 10.3 Å². The second-order valence-corrected chi connectivity index (χ2v) is 7.84. The standard InChI is InChI=1S/C21H23ClF3N3O/c1-13-3-5-15(6-4-13)14(2)27-20(29)16-7-9-28(10-8-16)19-18(22)11-17(12-26-19)21(23,24)25/h3-6,11-12,14,16H,7-10H2,1-2H3,(H,27,29). The quantitative estimate of drug-likeness (QED) is 0.736. The number of anilines is 1. The molecule has 1 N–H and O–H groups in total. The maximum Gasteiger partial charge on any atom is 0.417 e. The molecular weight excluding hydrogens is 403 g/mol. The lowest BCUT2D eigenvalue weighted by Crippen LogP contribution is -2.41. The van der Waals surface area contributed by atoms with Gasteiger partial charge in [-0.3, -0.25) is 4.79 Å². The first kappa shape index (κ1) is 21.4. The molecule has 3 rings (SSSR count). The van der Waals surface area contributed by atoms with Gasteiger partial charge in [-0.05, 0) is 38.3 Å². The molecule has 1 aromatic carbocycles. The van der Waals surface area contributed by atoms with Gasteiger partial charge in [0.25, 0.3) is 0 Å². The van der Waals surface area contributed by atoms with Crippen LogP contribution >= 0.6 is 11.6 Å². The molecule has 8 heteroatoms. The molecule has 1 aromatic heterocycles. The summed E-state index contributed by atoms with van der Waals surface area (Å²) in [6, 6.07) is 8.83. The van der Waals surface area contributed by atoms with Crippen molar-refractivity contribution in [2.75, 3.05) is 18.0 Å². The van der Waals surface area contributed by atoms with E-state index >= 15 is 0 Å². The van der Waals surface area contributed by atoms with E-state index in [0.29, 0.717) is 31.7 Å². The lowest BCUT2D eigenvalue weighted by atomic mass is 9.95. The summed E-state index contributed by atoms with van der Waals surface area (Å²) in [4.78, 5) is 18.4. The van der Waals surface area contributed by atoms with E-state index in [-0.39, 0.29) is 22.9 Å². The predicted octanol–water partition coefficient (Wildman–Crippen LogP) is 5.16. The Morgan fingerprint density at radius 1 is 1.24 bits per heavy atom. The van der Waals surface area contributed by atoms with Gasteiger partial charge in [0.2, 0.25) is 5.91 Å². The molecule has 1 saturated heterocycles. The van der Waals surface area contributed by atoms with Crippen LogP contribution in [0.25, 0.3) is 0 Å². The molecule has 4 nitrogen and oxygen atoms in total. The summed E-state index contributed by atoms with van der Waals surface area (Å²) >= 11 is 6.03. The van der Waals surface area contributed by atoms with E-state index in [1.165, 1.54) is 0 Å². The summed E-state index contributed by atoms with van der Waals surface area (Å²) in [7, 11) is 0. The number of carbonyl (C=O) groups is 1. The van der Waals surface area contributed by atoms with Gasteiger partial charge in [-0.15, -0.1) is 0 Å². The van der Waals surface area contributed by atoms with Crippen LogP contribution in [0.1, 0.15) is 42.5 Å². The average Bonchev–Trinajstić information content (AvgIpc) is 2.68. The fourth-order valence-electron chi connectivity index (χ4n) is 3.44. The molecule has 1 aliphatic heterocycles. The highest BCUT2D eigenvalue weighted by molar-refractivity contribution is 6.33. The number of benzene rings is 1. The Hall–Kier alpha value is -2.28. The fourth-order valence-corrected chi connectivity index (χ4v) is 3.73. The summed E-state index contributed by atoms with van der Waals surface area (Å²) in [6.07, 6.45) is -2.51. The summed E-state index contributed by atoms with van der Waals surface area (Å²) in [5, 5.41) is 3.02. The maximum absolute atomic E-state index is 12.8. The summed E-state index contributed by atoms with van der Waals surface area (Å²) < 4.78 is 38.3. The van der Waals surface area contributed by atoms with Gasteiger partial charge in [-0.2, -0.15) is 13.2 Å². The van der Waals surface area contributed by atoms with E-state index in [2.05, 4.69) is 10.3 Å². The van der Waals surface area contributed by atoms with Crippen molar-refractivity contribution < 1.29 is 18.0 Å². The molecule has 1 unspecified atom stereocenters. The van der Waals surface area contributed by atoms with Gasteiger partial charge in [0, 0.05) is 25.2 Å². The van der Waals surface area contributed by atoms with E-state index in [0.717, 1.165) is 23.4 Å². The largest absolute Gasteiger partial charge is 0.417 e. The van der Waals surface area contributed by atoms with Crippen LogP contribution in [0.4, 0.5) is 19.0 Å². The first-order valence-corrected chi connectivity index (χ1v) is 9.87. The molecule has 0 aliphatic carbocycles. The lowest BCUT2D eigenvalue weighted by molar-refractivity contribution is -0.137. The van der Waals surface area contributed by atoms with Gasteiger partial charge in [-0.25, -0.2) is 4.98 Å². The Balaban J connectivity index is 1.57. The van der Waals surface area contributed by atoms with E-state index < -0.39 is 11.7 Å². The van der Waals surface area contributed by atoms with Gasteiger partial charge in [0.05, 0.1) is 16.6 Å². The molecule has 1 fully saturated rings. The average molecular weight is 426 g/mol. The van der Waals surface area contributed by atoms with E-state index in [1.54, 1.807) is 0 Å². The molecule has 0 spiro atoms. The number of pyridine rings is 1. The number of hydrogen-bond donors (Lipinski definition) is 1. The van der Waals surface area contributed by atoms with Crippen molar-refractivity contribution in [3.63, 3.8) is 0 Å². The minimum absolute atomic E-state index is 0.01000. The zero-order chi connectivity index (χ0) is 21.2. The Morgan fingerprint density at radius 3 is 2.41 bits per heavy atom. The highest BCUT2D eigenvalue weighted by atomic mass is 35.5. The highest BCUT2D eigenvalue weighted by Gasteiger charge is 2.33. The number of aromatic nitrogens is 1. The molecule has 1 aliphatic rings. The van der Waals surface area contributed by atoms with Crippen LogP contribution in [-0.4, -0.2) is 24.0 Å². The Bertz CT molecular complexity index is 862. The second kappa shape index (κ2) is 8.61. The zero-order valence-electron chi connectivity index (χ0n) is 16.3. The van der Waals surface area contributed by atoms with Gasteiger partial charge in [0.15, 0.2) is 0 Å². The smallest absolute Gasteiger partial charge is 0.355 e. The van der Waals surface area contributed by atoms with Crippen molar-refractivity contribution in [1.29, 1.82) is 0 Å². The topological polar surface area (TPSA) is 45.2 Å². The van der Waals surface area contributed by atoms with Crippen LogP contribution in [0.2, 0.25) is 5.02 Å². The van der Waals surface area contributed by atoms with Crippen molar-refractivity contribution >= 4 is 23.3 Å². The minimum atomic E-state index is -4.48. The number of nitrogens with one attached hydrogen (secondary N) is 1. The SMILES string of the molecule is Cc1ccc(C(C)NC(=O)C2CCN(c3ncc(C(F)(F)F)cc3Cl)CC2)cc1. The number of piperidine rings is 1. The number of amides is 1. The minimum Gasteiger partial charge on any atom is -0.355 e. The summed E-state index contributed by atoms with van der Waals surface area (Å²) in [5.41, 5.74) is 1.34. The molecule has 1 atom stereocenters. The molecule has 2 heterocycles. The number of nitrogens with zero attached hydrogens (tertiary/aromatic N) is 2. The Labute approximate surface area is 173 Å². The van der Waals surface area contributed by atoms with Crippen molar-refractivity contribution in [3.05, 3.63) is 58.2 Å². The number of rotatable bonds is 4. The Morgan fingerprint density at radius 2 is 1.86 bits per heavy atom. The molecule has 0 saturated carbocycles. The Kier molecular flexibility index (Phi) is 6.36. The predicted molar refractivity (Wildman–Crippen MR) is 107 cm³/mol. The number of hydrogen-bond acceptors (Lipinski definition) is 3. The van der Waals surface area contributed by atoms with Gasteiger partial charge < -0.3 is 10.2 Å². The number of halogens is 4. The molecule has 1 amide bonds. The normalized spacial score (nSPS) is 16.6. The molecule has 2 aromatic rings. The van der Waals surface area contributed by atoms with E-state index in [9.17, 15) is 18.0 Å². The second-order valence-electron chi connectivity index (χ2n) is 7.43. The summed E-state index contributed by atoms with van der Waals surface area (Å²) in [5.74, 6) is 0.170. The fraction of sp³-hybridized carbons (Fsp3) is 0.429. The number of alkyl halides is 3. The third kappa shape index (κ3) is 5.21. The van der Waals surface area contributed by atoms with Crippen LogP contribution < -0.4 is 10.2 Å².